The average molecular weight is 243 g/mol. The number of hydrogen-bond donors (Lipinski definition) is 0. The van der Waals surface area contributed by atoms with E-state index in [1.165, 1.54) is 6.07 Å². The molecule has 0 atom stereocenters. The molecular weight excluding hydrogens is 234 g/mol. The lowest BCUT2D eigenvalue weighted by molar-refractivity contribution is 0.509. The summed E-state index contributed by atoms with van der Waals surface area (Å²) in [6.07, 6.45) is 1.58. The van der Waals surface area contributed by atoms with Crippen LogP contribution in [0.3, 0.4) is 0 Å². The van der Waals surface area contributed by atoms with Gasteiger partial charge in [0.15, 0.2) is 17.5 Å². The van der Waals surface area contributed by atoms with Crippen LogP contribution < -0.4 is 0 Å². The van der Waals surface area contributed by atoms with Gasteiger partial charge >= 0.3 is 0 Å². The summed E-state index contributed by atoms with van der Waals surface area (Å²) in [4.78, 5) is 8.09. The summed E-state index contributed by atoms with van der Waals surface area (Å²) in [6, 6.07) is 5.34. The van der Waals surface area contributed by atoms with Crippen LogP contribution in [0.2, 0.25) is 0 Å². The van der Waals surface area contributed by atoms with Gasteiger partial charge in [-0.3, -0.25) is 0 Å². The largest absolute Gasteiger partial charge is 0.237 e. The van der Waals surface area contributed by atoms with Gasteiger partial charge in [-0.05, 0) is 31.2 Å². The number of aromatic nitrogens is 2. The summed E-state index contributed by atoms with van der Waals surface area (Å²) in [5, 5.41) is 0. The molecule has 0 aliphatic rings. The highest BCUT2D eigenvalue weighted by Gasteiger charge is 2.06. The summed E-state index contributed by atoms with van der Waals surface area (Å²) in [7, 11) is 0. The van der Waals surface area contributed by atoms with E-state index in [1.807, 2.05) is 6.92 Å². The van der Waals surface area contributed by atoms with Crippen molar-refractivity contribution in [3.63, 3.8) is 0 Å². The van der Waals surface area contributed by atoms with Crippen LogP contribution in [0.1, 0.15) is 5.69 Å². The molecule has 0 radical (unpaired) electrons. The second-order valence-corrected chi connectivity index (χ2v) is 3.15. The SMILES string of the molecule is Cc1ccnc(-c2ccc(F)c(F)c2)n1.Cl. The number of halogens is 3. The monoisotopic (exact) mass is 242 g/mol. The van der Waals surface area contributed by atoms with Crippen molar-refractivity contribution in [3.8, 4) is 11.4 Å². The molecule has 0 spiro atoms. The summed E-state index contributed by atoms with van der Waals surface area (Å²) < 4.78 is 25.6. The summed E-state index contributed by atoms with van der Waals surface area (Å²) >= 11 is 0. The van der Waals surface area contributed by atoms with Crippen LogP contribution in [-0.2, 0) is 0 Å². The van der Waals surface area contributed by atoms with Crippen LogP contribution in [0.4, 0.5) is 8.78 Å². The van der Waals surface area contributed by atoms with Gasteiger partial charge in [0, 0.05) is 17.5 Å². The predicted octanol–water partition coefficient (Wildman–Crippen LogP) is 3.15. The van der Waals surface area contributed by atoms with Crippen molar-refractivity contribution in [3.05, 3.63) is 47.8 Å². The minimum atomic E-state index is -0.891. The zero-order valence-electron chi connectivity index (χ0n) is 8.45. The van der Waals surface area contributed by atoms with Gasteiger partial charge in [-0.2, -0.15) is 0 Å². The molecule has 0 unspecified atom stereocenters. The van der Waals surface area contributed by atoms with Gasteiger partial charge in [0.1, 0.15) is 0 Å². The minimum Gasteiger partial charge on any atom is -0.237 e. The predicted molar refractivity (Wildman–Crippen MR) is 59.4 cm³/mol. The summed E-state index contributed by atoms with van der Waals surface area (Å²) in [5.74, 6) is -1.36. The maximum absolute atomic E-state index is 12.9. The third kappa shape index (κ3) is 2.52. The number of nitrogens with zero attached hydrogens (tertiary/aromatic N) is 2. The van der Waals surface area contributed by atoms with Gasteiger partial charge < -0.3 is 0 Å². The third-order valence-electron chi connectivity index (χ3n) is 1.97. The van der Waals surface area contributed by atoms with Crippen molar-refractivity contribution in [2.24, 2.45) is 0 Å². The number of benzene rings is 1. The highest BCUT2D eigenvalue weighted by atomic mass is 35.5. The minimum absolute atomic E-state index is 0. The molecule has 0 fully saturated rings. The summed E-state index contributed by atoms with van der Waals surface area (Å²) in [6.45, 7) is 1.81. The zero-order valence-corrected chi connectivity index (χ0v) is 9.26. The van der Waals surface area contributed by atoms with Crippen LogP contribution in [-0.4, -0.2) is 9.97 Å². The van der Waals surface area contributed by atoms with E-state index in [0.29, 0.717) is 11.4 Å². The van der Waals surface area contributed by atoms with E-state index >= 15 is 0 Å². The summed E-state index contributed by atoms with van der Waals surface area (Å²) in [5.41, 5.74) is 1.25. The molecule has 0 aliphatic heterocycles. The van der Waals surface area contributed by atoms with Crippen molar-refractivity contribution >= 4 is 12.4 Å². The first-order chi connectivity index (χ1) is 7.16. The number of rotatable bonds is 1. The fourth-order valence-corrected chi connectivity index (χ4v) is 1.22. The van der Waals surface area contributed by atoms with E-state index in [2.05, 4.69) is 9.97 Å². The zero-order chi connectivity index (χ0) is 10.8. The van der Waals surface area contributed by atoms with Gasteiger partial charge in [0.25, 0.3) is 0 Å². The molecule has 0 bridgehead atoms. The Bertz CT molecular complexity index is 503. The van der Waals surface area contributed by atoms with Crippen LogP contribution in [0.15, 0.2) is 30.5 Å². The molecule has 2 rings (SSSR count). The van der Waals surface area contributed by atoms with Crippen LogP contribution in [0.25, 0.3) is 11.4 Å². The van der Waals surface area contributed by atoms with Crippen molar-refractivity contribution in [1.29, 1.82) is 0 Å². The molecule has 0 N–H and O–H groups in total. The number of aryl methyl sites for hydroxylation is 1. The first-order valence-corrected chi connectivity index (χ1v) is 4.42. The molecule has 0 aliphatic carbocycles. The maximum atomic E-state index is 12.9. The Balaban J connectivity index is 0.00000128. The second kappa shape index (κ2) is 4.99. The molecule has 0 saturated carbocycles. The topological polar surface area (TPSA) is 25.8 Å². The van der Waals surface area contributed by atoms with Crippen molar-refractivity contribution in [2.45, 2.75) is 6.92 Å². The lowest BCUT2D eigenvalue weighted by Crippen LogP contribution is -1.92. The molecule has 2 nitrogen and oxygen atoms in total. The van der Waals surface area contributed by atoms with E-state index in [1.54, 1.807) is 12.3 Å². The van der Waals surface area contributed by atoms with Crippen LogP contribution in [0.5, 0.6) is 0 Å². The molecule has 1 aromatic carbocycles. The highest BCUT2D eigenvalue weighted by Crippen LogP contribution is 2.17. The van der Waals surface area contributed by atoms with Gasteiger partial charge in [0.2, 0.25) is 0 Å². The van der Waals surface area contributed by atoms with Gasteiger partial charge in [-0.25, -0.2) is 18.7 Å². The van der Waals surface area contributed by atoms with E-state index in [-0.39, 0.29) is 12.4 Å². The van der Waals surface area contributed by atoms with Gasteiger partial charge in [0.05, 0.1) is 0 Å². The van der Waals surface area contributed by atoms with E-state index in [9.17, 15) is 8.78 Å². The Kier molecular flexibility index (Phi) is 3.90. The third-order valence-corrected chi connectivity index (χ3v) is 1.97. The first-order valence-electron chi connectivity index (χ1n) is 4.42. The van der Waals surface area contributed by atoms with Crippen molar-refractivity contribution < 1.29 is 8.78 Å². The van der Waals surface area contributed by atoms with Gasteiger partial charge in [-0.15, -0.1) is 12.4 Å². The lowest BCUT2D eigenvalue weighted by Gasteiger charge is -2.01. The second-order valence-electron chi connectivity index (χ2n) is 3.15. The molecular formula is C11H9ClF2N2. The quantitative estimate of drug-likeness (QED) is 0.768. The van der Waals surface area contributed by atoms with Crippen molar-refractivity contribution in [1.82, 2.24) is 9.97 Å². The Morgan fingerprint density at radius 1 is 1.06 bits per heavy atom. The molecule has 5 heteroatoms. The average Bonchev–Trinajstić information content (AvgIpc) is 2.22. The fraction of sp³-hybridized carbons (Fsp3) is 0.0909. The molecule has 1 aromatic heterocycles. The molecule has 0 saturated heterocycles. The normalized spacial score (nSPS) is 9.69. The standard InChI is InChI=1S/C11H8F2N2.ClH/c1-7-4-5-14-11(15-7)8-2-3-9(12)10(13)6-8;/h2-6H,1H3;1H. The highest BCUT2D eigenvalue weighted by molar-refractivity contribution is 5.85. The Hall–Kier alpha value is -1.55. The first kappa shape index (κ1) is 12.5. The van der Waals surface area contributed by atoms with Crippen molar-refractivity contribution in [2.75, 3.05) is 0 Å². The lowest BCUT2D eigenvalue weighted by atomic mass is 10.2. The fourth-order valence-electron chi connectivity index (χ4n) is 1.22. The molecule has 16 heavy (non-hydrogen) atoms. The molecule has 0 amide bonds. The number of hydrogen-bond acceptors (Lipinski definition) is 2. The van der Waals surface area contributed by atoms with Gasteiger partial charge in [-0.1, -0.05) is 0 Å². The van der Waals surface area contributed by atoms with E-state index in [4.69, 9.17) is 0 Å². The smallest absolute Gasteiger partial charge is 0.159 e. The Morgan fingerprint density at radius 3 is 2.44 bits per heavy atom. The van der Waals surface area contributed by atoms with E-state index < -0.39 is 11.6 Å². The van der Waals surface area contributed by atoms with Crippen LogP contribution in [0, 0.1) is 18.6 Å². The Labute approximate surface area is 97.8 Å². The molecule has 2 aromatic rings. The van der Waals surface area contributed by atoms with Crippen LogP contribution >= 0.6 is 12.4 Å². The van der Waals surface area contributed by atoms with E-state index in [0.717, 1.165) is 17.8 Å². The molecule has 1 heterocycles. The maximum Gasteiger partial charge on any atom is 0.159 e. The Morgan fingerprint density at radius 2 is 1.81 bits per heavy atom. The molecule has 84 valence electrons.